The number of rotatable bonds is 3. The Balaban J connectivity index is 2.03. The van der Waals surface area contributed by atoms with Crippen molar-refractivity contribution in [1.29, 1.82) is 0 Å². The van der Waals surface area contributed by atoms with Crippen LogP contribution >= 0.6 is 0 Å². The van der Waals surface area contributed by atoms with E-state index in [2.05, 4.69) is 10.2 Å². The first-order valence-corrected chi connectivity index (χ1v) is 10.5. The highest BCUT2D eigenvalue weighted by molar-refractivity contribution is 6.10. The van der Waals surface area contributed by atoms with Gasteiger partial charge in [-0.3, -0.25) is 4.79 Å². The molecule has 1 aromatic rings. The third-order valence-electron chi connectivity index (χ3n) is 5.71. The number of carbonyl (C=O) groups excluding carboxylic acids is 1. The first-order chi connectivity index (χ1) is 14.0. The van der Waals surface area contributed by atoms with Crippen LogP contribution in [0, 0.1) is 11.8 Å². The van der Waals surface area contributed by atoms with Crippen LogP contribution in [0.25, 0.3) is 0 Å². The summed E-state index contributed by atoms with van der Waals surface area (Å²) in [6.07, 6.45) is 0.795. The molecule has 30 heavy (non-hydrogen) atoms. The SMILES string of the molecule is CC1=NN=C(C2CCCCC2)C(c2ccc(C(F)(F)F)cc2)C1C(=O)OC(C)(C)C. The topological polar surface area (TPSA) is 51.0 Å². The van der Waals surface area contributed by atoms with Crippen molar-refractivity contribution in [2.24, 2.45) is 22.0 Å². The zero-order chi connectivity index (χ0) is 22.1. The average Bonchev–Trinajstić information content (AvgIpc) is 2.66. The van der Waals surface area contributed by atoms with Gasteiger partial charge < -0.3 is 4.74 Å². The summed E-state index contributed by atoms with van der Waals surface area (Å²) < 4.78 is 44.9. The summed E-state index contributed by atoms with van der Waals surface area (Å²) in [6, 6.07) is 5.06. The van der Waals surface area contributed by atoms with Gasteiger partial charge in [0.15, 0.2) is 0 Å². The number of halogens is 3. The van der Waals surface area contributed by atoms with Crippen LogP contribution in [-0.2, 0) is 15.7 Å². The van der Waals surface area contributed by atoms with Crippen molar-refractivity contribution in [1.82, 2.24) is 0 Å². The molecule has 0 radical (unpaired) electrons. The Morgan fingerprint density at radius 1 is 1.00 bits per heavy atom. The first-order valence-electron chi connectivity index (χ1n) is 10.5. The second-order valence-electron chi connectivity index (χ2n) is 9.21. The molecule has 1 aliphatic heterocycles. The monoisotopic (exact) mass is 422 g/mol. The molecule has 1 saturated carbocycles. The molecule has 1 aromatic carbocycles. The van der Waals surface area contributed by atoms with Gasteiger partial charge in [-0.2, -0.15) is 23.4 Å². The number of ether oxygens (including phenoxy) is 1. The lowest BCUT2D eigenvalue weighted by Gasteiger charge is -2.35. The standard InChI is InChI=1S/C23H29F3N2O2/c1-14-18(21(29)30-22(2,3)4)19(15-10-12-17(13-11-15)23(24,25)26)20(28-27-14)16-8-6-5-7-9-16/h10-13,16,18-19H,5-9H2,1-4H3. The van der Waals surface area contributed by atoms with E-state index in [1.807, 2.05) is 0 Å². The number of hydrogen-bond acceptors (Lipinski definition) is 4. The van der Waals surface area contributed by atoms with Crippen LogP contribution in [0.4, 0.5) is 13.2 Å². The van der Waals surface area contributed by atoms with Crippen LogP contribution < -0.4 is 0 Å². The molecule has 3 rings (SSSR count). The number of benzene rings is 1. The molecule has 7 heteroatoms. The average molecular weight is 422 g/mol. The quantitative estimate of drug-likeness (QED) is 0.548. The van der Waals surface area contributed by atoms with Gasteiger partial charge in [-0.15, -0.1) is 0 Å². The number of esters is 1. The van der Waals surface area contributed by atoms with E-state index in [9.17, 15) is 18.0 Å². The van der Waals surface area contributed by atoms with Crippen molar-refractivity contribution >= 4 is 17.4 Å². The van der Waals surface area contributed by atoms with E-state index < -0.39 is 35.1 Å². The predicted octanol–water partition coefficient (Wildman–Crippen LogP) is 6.16. The Morgan fingerprint density at radius 2 is 1.60 bits per heavy atom. The highest BCUT2D eigenvalue weighted by Gasteiger charge is 2.43. The minimum atomic E-state index is -4.41. The highest BCUT2D eigenvalue weighted by Crippen LogP contribution is 2.40. The Morgan fingerprint density at radius 3 is 2.13 bits per heavy atom. The van der Waals surface area contributed by atoms with Crippen LogP contribution in [0.1, 0.15) is 76.8 Å². The lowest BCUT2D eigenvalue weighted by Crippen LogP contribution is -2.42. The van der Waals surface area contributed by atoms with Gasteiger partial charge in [0.25, 0.3) is 0 Å². The lowest BCUT2D eigenvalue weighted by atomic mass is 9.72. The molecule has 1 aliphatic carbocycles. The first kappa shape index (κ1) is 22.5. The fourth-order valence-corrected chi connectivity index (χ4v) is 4.32. The summed E-state index contributed by atoms with van der Waals surface area (Å²) in [5, 5.41) is 8.74. The molecule has 2 unspecified atom stereocenters. The summed E-state index contributed by atoms with van der Waals surface area (Å²) in [5.41, 5.74) is 0.557. The van der Waals surface area contributed by atoms with Crippen molar-refractivity contribution < 1.29 is 22.7 Å². The molecule has 2 atom stereocenters. The van der Waals surface area contributed by atoms with Crippen molar-refractivity contribution in [2.75, 3.05) is 0 Å². The van der Waals surface area contributed by atoms with Crippen LogP contribution in [0.2, 0.25) is 0 Å². The highest BCUT2D eigenvalue weighted by atomic mass is 19.4. The van der Waals surface area contributed by atoms with E-state index in [1.54, 1.807) is 27.7 Å². The van der Waals surface area contributed by atoms with Gasteiger partial charge in [-0.25, -0.2) is 0 Å². The number of nitrogens with zero attached hydrogens (tertiary/aromatic N) is 2. The Hall–Kier alpha value is -2.18. The largest absolute Gasteiger partial charge is 0.459 e. The van der Waals surface area contributed by atoms with Crippen molar-refractivity contribution in [2.45, 2.75) is 77.5 Å². The van der Waals surface area contributed by atoms with E-state index in [-0.39, 0.29) is 5.92 Å². The van der Waals surface area contributed by atoms with Gasteiger partial charge in [0.1, 0.15) is 11.5 Å². The maximum absolute atomic E-state index is 13.1. The Kier molecular flexibility index (Phi) is 6.39. The summed E-state index contributed by atoms with van der Waals surface area (Å²) in [6.45, 7) is 7.11. The lowest BCUT2D eigenvalue weighted by molar-refractivity contribution is -0.157. The zero-order valence-electron chi connectivity index (χ0n) is 17.9. The van der Waals surface area contributed by atoms with Gasteiger partial charge in [0.2, 0.25) is 0 Å². The van der Waals surface area contributed by atoms with Gasteiger partial charge in [0.05, 0.1) is 17.0 Å². The summed E-state index contributed by atoms with van der Waals surface area (Å²) in [5.74, 6) is -1.41. The van der Waals surface area contributed by atoms with Crippen LogP contribution in [0.5, 0.6) is 0 Å². The predicted molar refractivity (Wildman–Crippen MR) is 111 cm³/mol. The van der Waals surface area contributed by atoms with Crippen molar-refractivity contribution in [3.8, 4) is 0 Å². The second-order valence-corrected chi connectivity index (χ2v) is 9.21. The third kappa shape index (κ3) is 5.10. The van der Waals surface area contributed by atoms with Crippen LogP contribution in [0.15, 0.2) is 34.5 Å². The van der Waals surface area contributed by atoms with E-state index in [4.69, 9.17) is 4.74 Å². The summed E-state index contributed by atoms with van der Waals surface area (Å²) in [4.78, 5) is 13.1. The molecule has 1 heterocycles. The molecule has 4 nitrogen and oxygen atoms in total. The maximum Gasteiger partial charge on any atom is 0.416 e. The second kappa shape index (κ2) is 8.52. The third-order valence-corrected chi connectivity index (χ3v) is 5.71. The Labute approximate surface area is 175 Å². The molecule has 0 aromatic heterocycles. The van der Waals surface area contributed by atoms with E-state index >= 15 is 0 Å². The fourth-order valence-electron chi connectivity index (χ4n) is 4.32. The molecule has 0 saturated heterocycles. The fraction of sp³-hybridized carbons (Fsp3) is 0.609. The van der Waals surface area contributed by atoms with Gasteiger partial charge in [-0.05, 0) is 64.2 Å². The van der Waals surface area contributed by atoms with Gasteiger partial charge in [0, 0.05) is 5.92 Å². The van der Waals surface area contributed by atoms with E-state index in [1.165, 1.54) is 12.1 Å². The normalized spacial score (nSPS) is 23.6. The van der Waals surface area contributed by atoms with Gasteiger partial charge in [-0.1, -0.05) is 31.4 Å². The van der Waals surface area contributed by atoms with Crippen molar-refractivity contribution in [3.63, 3.8) is 0 Å². The molecular weight excluding hydrogens is 393 g/mol. The Bertz CT molecular complexity index is 829. The van der Waals surface area contributed by atoms with Crippen LogP contribution in [0.3, 0.4) is 0 Å². The molecule has 0 N–H and O–H groups in total. The minimum absolute atomic E-state index is 0.174. The zero-order valence-corrected chi connectivity index (χ0v) is 17.9. The number of alkyl halides is 3. The van der Waals surface area contributed by atoms with Gasteiger partial charge >= 0.3 is 12.1 Å². The minimum Gasteiger partial charge on any atom is -0.459 e. The molecular formula is C23H29F3N2O2. The number of carbonyl (C=O) groups is 1. The summed E-state index contributed by atoms with van der Waals surface area (Å²) >= 11 is 0. The molecule has 2 aliphatic rings. The molecule has 1 fully saturated rings. The molecule has 164 valence electrons. The smallest absolute Gasteiger partial charge is 0.416 e. The summed E-state index contributed by atoms with van der Waals surface area (Å²) in [7, 11) is 0. The molecule has 0 bridgehead atoms. The van der Waals surface area contributed by atoms with Crippen molar-refractivity contribution in [3.05, 3.63) is 35.4 Å². The molecule has 0 amide bonds. The van der Waals surface area contributed by atoms with Crippen LogP contribution in [-0.4, -0.2) is 23.0 Å². The van der Waals surface area contributed by atoms with E-state index in [0.29, 0.717) is 11.3 Å². The maximum atomic E-state index is 13.1. The molecule has 0 spiro atoms. The number of hydrogen-bond donors (Lipinski definition) is 0. The van der Waals surface area contributed by atoms with E-state index in [0.717, 1.165) is 49.9 Å².